The number of hydrogen-bond acceptors (Lipinski definition) is 15. The predicted molar refractivity (Wildman–Crippen MR) is 140 cm³/mol. The van der Waals surface area contributed by atoms with Gasteiger partial charge in [-0.15, -0.1) is 0 Å². The smallest absolute Gasteiger partial charge is 0.402 e. The molecule has 16 heteroatoms. The van der Waals surface area contributed by atoms with E-state index in [0.717, 1.165) is 18.2 Å². The van der Waals surface area contributed by atoms with Crippen molar-refractivity contribution in [2.75, 3.05) is 13.2 Å². The van der Waals surface area contributed by atoms with Crippen molar-refractivity contribution in [2.24, 2.45) is 0 Å². The third-order valence-corrected chi connectivity index (χ3v) is 7.26. The first kappa shape index (κ1) is 30.9. The number of benzene rings is 2. The minimum Gasteiger partial charge on any atom is -0.507 e. The lowest BCUT2D eigenvalue weighted by Gasteiger charge is -2.45. The molecule has 234 valence electrons. The van der Waals surface area contributed by atoms with Crippen LogP contribution in [0.3, 0.4) is 0 Å². The molecule has 3 heterocycles. The molecule has 5 rings (SSSR count). The summed E-state index contributed by atoms with van der Waals surface area (Å²) in [5.41, 5.74) is 0.109. The summed E-state index contributed by atoms with van der Waals surface area (Å²) in [4.78, 5) is 0. The van der Waals surface area contributed by atoms with Crippen LogP contribution < -0.4 is 4.74 Å². The summed E-state index contributed by atoms with van der Waals surface area (Å²) in [5, 5.41) is 112. The van der Waals surface area contributed by atoms with Crippen LogP contribution in [0.4, 0.5) is 0 Å². The standard InChI is InChI=1S/C27H30O16/c28-7-17-19(34)21(36)22(37)26(41-17)43-25-20(35)18(8-29)42-27(23(25)38)40-16-6-11-13(32)4-10(30)5-15(11)39-24(16)9-1-2-12(31)14(33)3-9/h1-6,17-23,25-29,34-38H,7-8H2,(H3-,30,31,32,33)/p+1/t17-,18+,19-,20-,21+,22-,23-,25+,26+,27-/m1/s1. The Balaban J connectivity index is 1.51. The first-order chi connectivity index (χ1) is 20.4. The highest BCUT2D eigenvalue weighted by Gasteiger charge is 2.51. The molecule has 1 aromatic heterocycles. The van der Waals surface area contributed by atoms with Crippen molar-refractivity contribution >= 4 is 11.0 Å². The topological polar surface area (TPSA) is 271 Å². The SMILES string of the molecule is OC[C@@H]1O[C@@H](Oc2cc3c(O)cc(O)cc3[o+]c2-c2ccc(O)c(O)c2)[C@H](O)[C@@H](O[C@@H]2O[C@H](CO)[C@@H](O)[C@H](O)[C@H]2O)[C@@H]1O. The van der Waals surface area contributed by atoms with Gasteiger partial charge in [0.2, 0.25) is 12.0 Å². The summed E-state index contributed by atoms with van der Waals surface area (Å²) in [6.07, 6.45) is -17.0. The van der Waals surface area contributed by atoms with Crippen LogP contribution in [0.2, 0.25) is 0 Å². The molecule has 10 atom stereocenters. The first-order valence-corrected chi connectivity index (χ1v) is 13.0. The third-order valence-electron chi connectivity index (χ3n) is 7.26. The van der Waals surface area contributed by atoms with Gasteiger partial charge in [-0.05, 0) is 12.1 Å². The van der Waals surface area contributed by atoms with E-state index in [0.29, 0.717) is 0 Å². The van der Waals surface area contributed by atoms with Crippen molar-refractivity contribution in [1.29, 1.82) is 0 Å². The van der Waals surface area contributed by atoms with Crippen LogP contribution in [0.1, 0.15) is 0 Å². The van der Waals surface area contributed by atoms with E-state index < -0.39 is 91.9 Å². The van der Waals surface area contributed by atoms with E-state index in [2.05, 4.69) is 0 Å². The molecule has 0 radical (unpaired) electrons. The molecule has 2 aliphatic rings. The molecule has 0 spiro atoms. The van der Waals surface area contributed by atoms with Crippen LogP contribution in [-0.2, 0) is 14.2 Å². The minimum atomic E-state index is -1.89. The summed E-state index contributed by atoms with van der Waals surface area (Å²) in [6, 6.07) is 7.11. The van der Waals surface area contributed by atoms with E-state index in [1.807, 2.05) is 0 Å². The fourth-order valence-electron chi connectivity index (χ4n) is 4.91. The van der Waals surface area contributed by atoms with Gasteiger partial charge in [-0.2, -0.15) is 0 Å². The van der Waals surface area contributed by atoms with E-state index >= 15 is 0 Å². The Kier molecular flexibility index (Phi) is 8.77. The van der Waals surface area contributed by atoms with Crippen molar-refractivity contribution in [3.05, 3.63) is 36.4 Å². The fraction of sp³-hybridized carbons (Fsp3) is 0.444. The second-order valence-electron chi connectivity index (χ2n) is 10.1. The summed E-state index contributed by atoms with van der Waals surface area (Å²) in [7, 11) is 0. The molecule has 43 heavy (non-hydrogen) atoms. The number of rotatable bonds is 7. The number of aliphatic hydroxyl groups is 7. The molecule has 0 aliphatic carbocycles. The maximum Gasteiger partial charge on any atom is 0.402 e. The lowest BCUT2D eigenvalue weighted by atomic mass is 9.97. The quantitative estimate of drug-likeness (QED) is 0.104. The van der Waals surface area contributed by atoms with E-state index in [1.54, 1.807) is 0 Å². The Morgan fingerprint density at radius 2 is 1.35 bits per heavy atom. The van der Waals surface area contributed by atoms with E-state index in [1.165, 1.54) is 18.2 Å². The number of aromatic hydroxyl groups is 4. The average molecular weight is 612 g/mol. The van der Waals surface area contributed by atoms with Gasteiger partial charge in [0.25, 0.3) is 0 Å². The zero-order valence-electron chi connectivity index (χ0n) is 22.1. The van der Waals surface area contributed by atoms with Gasteiger partial charge in [-0.25, -0.2) is 4.42 Å². The zero-order valence-corrected chi connectivity index (χ0v) is 22.1. The normalized spacial score (nSPS) is 33.0. The lowest BCUT2D eigenvalue weighted by Crippen LogP contribution is -2.65. The Hall–Kier alpha value is -3.55. The van der Waals surface area contributed by atoms with Crippen LogP contribution in [-0.4, -0.2) is 131 Å². The highest BCUT2D eigenvalue weighted by molar-refractivity contribution is 5.88. The van der Waals surface area contributed by atoms with Gasteiger partial charge >= 0.3 is 11.3 Å². The molecule has 2 aromatic carbocycles. The average Bonchev–Trinajstić information content (AvgIpc) is 2.97. The van der Waals surface area contributed by atoms with Crippen molar-refractivity contribution in [3.63, 3.8) is 0 Å². The minimum absolute atomic E-state index is 0.0231. The molecule has 16 nitrogen and oxygen atoms in total. The highest BCUT2D eigenvalue weighted by Crippen LogP contribution is 2.42. The van der Waals surface area contributed by atoms with Crippen molar-refractivity contribution < 1.29 is 79.5 Å². The molecule has 3 aromatic rings. The molecule has 2 fully saturated rings. The molecule has 0 amide bonds. The number of aliphatic hydroxyl groups excluding tert-OH is 7. The Bertz CT molecular complexity index is 1450. The predicted octanol–water partition coefficient (Wildman–Crippen LogP) is -1.79. The lowest BCUT2D eigenvalue weighted by molar-refractivity contribution is -0.352. The van der Waals surface area contributed by atoms with Crippen molar-refractivity contribution in [2.45, 2.75) is 61.4 Å². The number of phenols is 4. The van der Waals surface area contributed by atoms with Crippen LogP contribution in [0, 0.1) is 0 Å². The van der Waals surface area contributed by atoms with Crippen molar-refractivity contribution in [3.8, 4) is 40.1 Å². The van der Waals surface area contributed by atoms with Gasteiger partial charge in [-0.1, -0.05) is 0 Å². The molecule has 2 saturated heterocycles. The number of phenolic OH excluding ortho intramolecular Hbond substituents is 4. The molecule has 0 bridgehead atoms. The second-order valence-corrected chi connectivity index (χ2v) is 10.1. The van der Waals surface area contributed by atoms with E-state index in [4.69, 9.17) is 23.4 Å². The largest absolute Gasteiger partial charge is 0.507 e. The Morgan fingerprint density at radius 3 is 2.02 bits per heavy atom. The van der Waals surface area contributed by atoms with Gasteiger partial charge < -0.3 is 75.1 Å². The van der Waals surface area contributed by atoms with Gasteiger partial charge in [0, 0.05) is 18.2 Å². The van der Waals surface area contributed by atoms with Gasteiger partial charge in [0.15, 0.2) is 17.8 Å². The number of fused-ring (bicyclic) bond motifs is 1. The van der Waals surface area contributed by atoms with Gasteiger partial charge in [-0.3, -0.25) is 0 Å². The maximum absolute atomic E-state index is 11.2. The van der Waals surface area contributed by atoms with Gasteiger partial charge in [0.1, 0.15) is 65.7 Å². The van der Waals surface area contributed by atoms with Gasteiger partial charge in [0.05, 0.1) is 24.8 Å². The third kappa shape index (κ3) is 5.85. The fourth-order valence-corrected chi connectivity index (χ4v) is 4.91. The van der Waals surface area contributed by atoms with Crippen LogP contribution in [0.25, 0.3) is 22.3 Å². The van der Waals surface area contributed by atoms with Crippen LogP contribution in [0.15, 0.2) is 40.8 Å². The Labute approximate surface area is 242 Å². The van der Waals surface area contributed by atoms with Crippen LogP contribution in [0.5, 0.6) is 28.7 Å². The zero-order chi connectivity index (χ0) is 31.2. The second kappa shape index (κ2) is 12.2. The Morgan fingerprint density at radius 1 is 0.674 bits per heavy atom. The summed E-state index contributed by atoms with van der Waals surface area (Å²) >= 11 is 0. The van der Waals surface area contributed by atoms with Crippen molar-refractivity contribution in [1.82, 2.24) is 0 Å². The maximum atomic E-state index is 11.2. The summed E-state index contributed by atoms with van der Waals surface area (Å²) < 4.78 is 28.2. The molecule has 11 N–H and O–H groups in total. The number of ether oxygens (including phenoxy) is 4. The molecular formula is C27H31O16+. The molecule has 0 saturated carbocycles. The summed E-state index contributed by atoms with van der Waals surface area (Å²) in [5.74, 6) is -2.07. The monoisotopic (exact) mass is 611 g/mol. The highest BCUT2D eigenvalue weighted by atomic mass is 16.7. The molecule has 0 unspecified atom stereocenters. The summed E-state index contributed by atoms with van der Waals surface area (Å²) in [6.45, 7) is -1.57. The van der Waals surface area contributed by atoms with Crippen LogP contribution >= 0.6 is 0 Å². The van der Waals surface area contributed by atoms with E-state index in [9.17, 15) is 56.2 Å². The molecular weight excluding hydrogens is 580 g/mol. The van der Waals surface area contributed by atoms with E-state index in [-0.39, 0.29) is 33.8 Å². The molecule has 2 aliphatic heterocycles. The number of hydrogen-bond donors (Lipinski definition) is 11. The first-order valence-electron chi connectivity index (χ1n) is 13.0.